The molecule has 1 aromatic carbocycles. The van der Waals surface area contributed by atoms with Crippen molar-refractivity contribution in [2.24, 2.45) is 0 Å². The SMILES string of the molecule is CN(C)C(C)(C)CNC(=O)Nc1cc(Br)cc(C(=O)O)c1. The van der Waals surface area contributed by atoms with Gasteiger partial charge in [0, 0.05) is 22.2 Å². The minimum atomic E-state index is -1.05. The van der Waals surface area contributed by atoms with Crippen molar-refractivity contribution in [1.82, 2.24) is 10.2 Å². The Labute approximate surface area is 132 Å². The number of nitrogens with one attached hydrogen (secondary N) is 2. The predicted octanol–water partition coefficient (Wildman–Crippen LogP) is 2.61. The molecular formula is C14H20BrN3O3. The molecule has 0 aliphatic carbocycles. The number of halogens is 1. The van der Waals surface area contributed by atoms with Crippen molar-refractivity contribution in [2.45, 2.75) is 19.4 Å². The van der Waals surface area contributed by atoms with Gasteiger partial charge in [0.2, 0.25) is 0 Å². The van der Waals surface area contributed by atoms with E-state index in [0.29, 0.717) is 16.7 Å². The summed E-state index contributed by atoms with van der Waals surface area (Å²) in [6, 6.07) is 4.15. The van der Waals surface area contributed by atoms with Crippen LogP contribution in [0.1, 0.15) is 24.2 Å². The summed E-state index contributed by atoms with van der Waals surface area (Å²) < 4.78 is 0.589. The monoisotopic (exact) mass is 357 g/mol. The van der Waals surface area contributed by atoms with Gasteiger partial charge >= 0.3 is 12.0 Å². The molecule has 0 unspecified atom stereocenters. The van der Waals surface area contributed by atoms with E-state index in [2.05, 4.69) is 26.6 Å². The summed E-state index contributed by atoms with van der Waals surface area (Å²) in [6.07, 6.45) is 0. The lowest BCUT2D eigenvalue weighted by molar-refractivity contribution is 0.0697. The molecule has 7 heteroatoms. The molecule has 0 aliphatic rings. The molecule has 2 amide bonds. The molecule has 6 nitrogen and oxygen atoms in total. The second kappa shape index (κ2) is 6.91. The first-order chi connectivity index (χ1) is 9.61. The summed E-state index contributed by atoms with van der Waals surface area (Å²) in [5.41, 5.74) is 0.344. The van der Waals surface area contributed by atoms with E-state index in [0.717, 1.165) is 0 Å². The molecule has 0 spiro atoms. The second-order valence-corrected chi connectivity index (χ2v) is 6.46. The number of rotatable bonds is 5. The minimum Gasteiger partial charge on any atom is -0.478 e. The lowest BCUT2D eigenvalue weighted by atomic mass is 10.1. The van der Waals surface area contributed by atoms with Gasteiger partial charge in [0.1, 0.15) is 0 Å². The standard InChI is InChI=1S/C14H20BrN3O3/c1-14(2,18(3)4)8-16-13(21)17-11-6-9(12(19)20)5-10(15)7-11/h5-7H,8H2,1-4H3,(H,19,20)(H2,16,17,21). The van der Waals surface area contributed by atoms with Gasteiger partial charge in [0.15, 0.2) is 0 Å². The predicted molar refractivity (Wildman–Crippen MR) is 85.9 cm³/mol. The fourth-order valence-electron chi connectivity index (χ4n) is 1.42. The lowest BCUT2D eigenvalue weighted by Crippen LogP contribution is -2.49. The maximum Gasteiger partial charge on any atom is 0.335 e. The Kier molecular flexibility index (Phi) is 5.74. The topological polar surface area (TPSA) is 81.7 Å². The van der Waals surface area contributed by atoms with Crippen molar-refractivity contribution in [1.29, 1.82) is 0 Å². The number of nitrogens with zero attached hydrogens (tertiary/aromatic N) is 1. The maximum absolute atomic E-state index is 11.9. The summed E-state index contributed by atoms with van der Waals surface area (Å²) in [7, 11) is 3.88. The number of amides is 2. The molecule has 0 radical (unpaired) electrons. The van der Waals surface area contributed by atoms with Crippen molar-refractivity contribution in [2.75, 3.05) is 26.0 Å². The van der Waals surface area contributed by atoms with Crippen LogP contribution in [0.3, 0.4) is 0 Å². The maximum atomic E-state index is 11.9. The second-order valence-electron chi connectivity index (χ2n) is 5.55. The number of carbonyl (C=O) groups excluding carboxylic acids is 1. The van der Waals surface area contributed by atoms with E-state index in [9.17, 15) is 9.59 Å². The average Bonchev–Trinajstić information content (AvgIpc) is 2.35. The average molecular weight is 358 g/mol. The molecule has 1 rings (SSSR count). The molecule has 21 heavy (non-hydrogen) atoms. The van der Waals surface area contributed by atoms with Crippen LogP contribution in [-0.2, 0) is 0 Å². The van der Waals surface area contributed by atoms with Crippen LogP contribution in [-0.4, -0.2) is 48.2 Å². The quantitative estimate of drug-likeness (QED) is 0.756. The third-order valence-electron chi connectivity index (χ3n) is 3.29. The van der Waals surface area contributed by atoms with Gasteiger partial charge in [-0.3, -0.25) is 0 Å². The molecular weight excluding hydrogens is 338 g/mol. The van der Waals surface area contributed by atoms with E-state index >= 15 is 0 Å². The van der Waals surface area contributed by atoms with Gasteiger partial charge in [-0.2, -0.15) is 0 Å². The van der Waals surface area contributed by atoms with Crippen molar-refractivity contribution >= 4 is 33.6 Å². The van der Waals surface area contributed by atoms with Crippen LogP contribution >= 0.6 is 15.9 Å². The fraction of sp³-hybridized carbons (Fsp3) is 0.429. The highest BCUT2D eigenvalue weighted by Gasteiger charge is 2.21. The van der Waals surface area contributed by atoms with E-state index < -0.39 is 5.97 Å². The first kappa shape index (κ1) is 17.5. The Balaban J connectivity index is 2.69. The van der Waals surface area contributed by atoms with Gasteiger partial charge in [-0.15, -0.1) is 0 Å². The number of benzene rings is 1. The van der Waals surface area contributed by atoms with Crippen LogP contribution in [0.2, 0.25) is 0 Å². The van der Waals surface area contributed by atoms with E-state index in [1.54, 1.807) is 6.07 Å². The van der Waals surface area contributed by atoms with Crippen LogP contribution in [0.25, 0.3) is 0 Å². The fourth-order valence-corrected chi connectivity index (χ4v) is 1.91. The van der Waals surface area contributed by atoms with E-state index in [1.165, 1.54) is 12.1 Å². The summed E-state index contributed by atoms with van der Waals surface area (Å²) in [6.45, 7) is 4.48. The van der Waals surface area contributed by atoms with Crippen molar-refractivity contribution in [3.05, 3.63) is 28.2 Å². The van der Waals surface area contributed by atoms with Crippen molar-refractivity contribution < 1.29 is 14.7 Å². The van der Waals surface area contributed by atoms with Gasteiger partial charge in [-0.05, 0) is 46.1 Å². The van der Waals surface area contributed by atoms with Gasteiger partial charge in [0.25, 0.3) is 0 Å². The third-order valence-corrected chi connectivity index (χ3v) is 3.75. The number of likely N-dealkylation sites (N-methyl/N-ethyl adjacent to an activating group) is 1. The number of hydrogen-bond donors (Lipinski definition) is 3. The molecule has 0 bridgehead atoms. The van der Waals surface area contributed by atoms with Crippen LogP contribution in [0.4, 0.5) is 10.5 Å². The Morgan fingerprint density at radius 3 is 2.43 bits per heavy atom. The van der Waals surface area contributed by atoms with Crippen LogP contribution in [0, 0.1) is 0 Å². The number of hydrogen-bond acceptors (Lipinski definition) is 3. The number of urea groups is 1. The zero-order chi connectivity index (χ0) is 16.2. The Morgan fingerprint density at radius 2 is 1.90 bits per heavy atom. The zero-order valence-electron chi connectivity index (χ0n) is 12.5. The van der Waals surface area contributed by atoms with Crippen molar-refractivity contribution in [3.63, 3.8) is 0 Å². The highest BCUT2D eigenvalue weighted by atomic mass is 79.9. The first-order valence-corrected chi connectivity index (χ1v) is 7.17. The van der Waals surface area contributed by atoms with Gasteiger partial charge in [-0.25, -0.2) is 9.59 Å². The number of carboxylic acids is 1. The van der Waals surface area contributed by atoms with Gasteiger partial charge in [0.05, 0.1) is 5.56 Å². The van der Waals surface area contributed by atoms with Gasteiger partial charge < -0.3 is 20.6 Å². The first-order valence-electron chi connectivity index (χ1n) is 6.38. The van der Waals surface area contributed by atoms with E-state index in [1.807, 2.05) is 32.8 Å². The number of aromatic carboxylic acids is 1. The number of anilines is 1. The molecule has 3 N–H and O–H groups in total. The summed E-state index contributed by atoms with van der Waals surface area (Å²) >= 11 is 3.22. The molecule has 0 aromatic heterocycles. The van der Waals surface area contributed by atoms with E-state index in [-0.39, 0.29) is 17.1 Å². The molecule has 116 valence electrons. The smallest absolute Gasteiger partial charge is 0.335 e. The third kappa shape index (κ3) is 5.35. The normalized spacial score (nSPS) is 11.3. The van der Waals surface area contributed by atoms with Crippen LogP contribution < -0.4 is 10.6 Å². The lowest BCUT2D eigenvalue weighted by Gasteiger charge is -2.32. The Morgan fingerprint density at radius 1 is 1.29 bits per heavy atom. The molecule has 0 atom stereocenters. The van der Waals surface area contributed by atoms with Crippen LogP contribution in [0.15, 0.2) is 22.7 Å². The molecule has 0 fully saturated rings. The zero-order valence-corrected chi connectivity index (χ0v) is 14.1. The van der Waals surface area contributed by atoms with E-state index in [4.69, 9.17) is 5.11 Å². The van der Waals surface area contributed by atoms with Gasteiger partial charge in [-0.1, -0.05) is 15.9 Å². The highest BCUT2D eigenvalue weighted by Crippen LogP contribution is 2.19. The summed E-state index contributed by atoms with van der Waals surface area (Å²) in [4.78, 5) is 24.8. The molecule has 0 aliphatic heterocycles. The Hall–Kier alpha value is -1.60. The number of carbonyl (C=O) groups is 2. The van der Waals surface area contributed by atoms with Crippen LogP contribution in [0.5, 0.6) is 0 Å². The summed E-state index contributed by atoms with van der Waals surface area (Å²) in [5, 5.41) is 14.4. The molecule has 0 heterocycles. The highest BCUT2D eigenvalue weighted by molar-refractivity contribution is 9.10. The molecule has 0 saturated heterocycles. The largest absolute Gasteiger partial charge is 0.478 e. The summed E-state index contributed by atoms with van der Waals surface area (Å²) in [5.74, 6) is -1.05. The molecule has 1 aromatic rings. The minimum absolute atomic E-state index is 0.105. The molecule has 0 saturated carbocycles. The Bertz CT molecular complexity index is 544. The van der Waals surface area contributed by atoms with Crippen molar-refractivity contribution in [3.8, 4) is 0 Å². The number of carboxylic acid groups (broad SMARTS) is 1.